The molecule has 220 valence electrons. The van der Waals surface area contributed by atoms with Gasteiger partial charge in [-0.2, -0.15) is 0 Å². The van der Waals surface area contributed by atoms with Crippen LogP contribution in [0, 0.1) is 23.7 Å². The minimum atomic E-state index is -2.77. The van der Waals surface area contributed by atoms with Crippen molar-refractivity contribution in [2.24, 2.45) is 29.4 Å². The number of benzene rings is 3. The number of carbonyl (C=O) groups is 6. The Bertz CT molecular complexity index is 1810. The molecule has 0 radical (unpaired) electrons. The van der Waals surface area contributed by atoms with Crippen LogP contribution in [0.1, 0.15) is 39.6 Å². The normalized spacial score (nSPS) is 28.4. The third-order valence-electron chi connectivity index (χ3n) is 9.54. The molecule has 3 aliphatic rings. The number of hydrogen-bond acceptors (Lipinski definition) is 9. The zero-order valence-electron chi connectivity index (χ0n) is 23.8. The molecule has 6 rings (SSSR count). The molecule has 1 amide bonds. The van der Waals surface area contributed by atoms with Gasteiger partial charge in [0.05, 0.1) is 17.5 Å². The number of carbonyl (C=O) groups excluding carboxylic acids is 6. The maximum absolute atomic E-state index is 14.1. The van der Waals surface area contributed by atoms with E-state index in [0.29, 0.717) is 16.7 Å². The van der Waals surface area contributed by atoms with Crippen LogP contribution in [0.25, 0.3) is 21.9 Å². The molecule has 4 N–H and O–H groups in total. The van der Waals surface area contributed by atoms with Gasteiger partial charge in [0.2, 0.25) is 5.91 Å². The van der Waals surface area contributed by atoms with Crippen molar-refractivity contribution in [2.45, 2.75) is 31.4 Å². The average Bonchev–Trinajstić information content (AvgIpc) is 2.94. The number of ketones is 5. The van der Waals surface area contributed by atoms with Gasteiger partial charge in [-0.1, -0.05) is 42.5 Å². The molecule has 0 aliphatic heterocycles. The van der Waals surface area contributed by atoms with Gasteiger partial charge in [0.1, 0.15) is 5.75 Å². The van der Waals surface area contributed by atoms with Crippen LogP contribution >= 0.6 is 0 Å². The van der Waals surface area contributed by atoms with Gasteiger partial charge in [-0.05, 0) is 73.3 Å². The number of rotatable bonds is 4. The topological polar surface area (TPSA) is 172 Å². The van der Waals surface area contributed by atoms with E-state index in [4.69, 9.17) is 5.73 Å². The SMILES string of the molecule is CC(=O)c1ccc(-c2ccc(O)c3c2C[C@H]2C[C@H]4[C@H](N(C)C)C(=O)C(C(N)=O)C(=O)[C@@]4(O)C(=O)C2C3=O)c2ccccc12. The van der Waals surface area contributed by atoms with E-state index in [1.54, 1.807) is 32.3 Å². The van der Waals surface area contributed by atoms with Crippen LogP contribution in [0.5, 0.6) is 5.75 Å². The summed E-state index contributed by atoms with van der Waals surface area (Å²) in [5, 5.41) is 24.1. The molecule has 3 aromatic rings. The zero-order chi connectivity index (χ0) is 31.1. The summed E-state index contributed by atoms with van der Waals surface area (Å²) in [7, 11) is 3.08. The van der Waals surface area contributed by atoms with Crippen molar-refractivity contribution in [1.82, 2.24) is 4.90 Å². The maximum atomic E-state index is 14.1. The predicted octanol–water partition coefficient (Wildman–Crippen LogP) is 1.89. The molecule has 6 atom stereocenters. The average molecular weight is 583 g/mol. The van der Waals surface area contributed by atoms with Gasteiger partial charge >= 0.3 is 0 Å². The minimum absolute atomic E-state index is 0.0387. The number of fused-ring (bicyclic) bond motifs is 4. The highest BCUT2D eigenvalue weighted by Gasteiger charge is 2.69. The smallest absolute Gasteiger partial charge is 0.235 e. The van der Waals surface area contributed by atoms with Crippen LogP contribution in [-0.2, 0) is 25.6 Å². The Labute approximate surface area is 246 Å². The Morgan fingerprint density at radius 1 is 0.930 bits per heavy atom. The fourth-order valence-corrected chi connectivity index (χ4v) is 7.70. The van der Waals surface area contributed by atoms with Gasteiger partial charge in [-0.25, -0.2) is 0 Å². The Morgan fingerprint density at radius 2 is 1.58 bits per heavy atom. The molecule has 0 spiro atoms. The van der Waals surface area contributed by atoms with Crippen LogP contribution in [0.2, 0.25) is 0 Å². The summed E-state index contributed by atoms with van der Waals surface area (Å²) in [4.78, 5) is 80.8. The van der Waals surface area contributed by atoms with Crippen molar-refractivity contribution < 1.29 is 39.0 Å². The lowest BCUT2D eigenvalue weighted by Crippen LogP contribution is -2.74. The highest BCUT2D eigenvalue weighted by molar-refractivity contribution is 6.32. The van der Waals surface area contributed by atoms with E-state index >= 15 is 0 Å². The molecule has 2 unspecified atom stereocenters. The number of amides is 1. The molecule has 43 heavy (non-hydrogen) atoms. The second kappa shape index (κ2) is 9.75. The molecule has 0 saturated heterocycles. The number of nitrogens with two attached hydrogens (primary N) is 1. The van der Waals surface area contributed by atoms with Crippen molar-refractivity contribution in [2.75, 3.05) is 14.1 Å². The zero-order valence-corrected chi connectivity index (χ0v) is 23.8. The number of Topliss-reactive ketones (excluding diaryl/α,β-unsaturated/α-hetero) is 5. The number of phenolic OH excluding ortho intramolecular Hbond substituents is 1. The lowest BCUT2D eigenvalue weighted by atomic mass is 9.52. The fourth-order valence-electron chi connectivity index (χ4n) is 7.70. The molecule has 3 aliphatic carbocycles. The van der Waals surface area contributed by atoms with Gasteiger partial charge in [0, 0.05) is 11.5 Å². The lowest BCUT2D eigenvalue weighted by Gasteiger charge is -2.52. The number of aliphatic hydroxyl groups is 1. The highest BCUT2D eigenvalue weighted by atomic mass is 16.3. The maximum Gasteiger partial charge on any atom is 0.235 e. The molecule has 10 nitrogen and oxygen atoms in total. The van der Waals surface area contributed by atoms with Crippen LogP contribution in [0.15, 0.2) is 48.5 Å². The Kier molecular flexibility index (Phi) is 6.48. The predicted molar refractivity (Wildman–Crippen MR) is 154 cm³/mol. The molecular weight excluding hydrogens is 552 g/mol. The van der Waals surface area contributed by atoms with Crippen molar-refractivity contribution in [3.8, 4) is 16.9 Å². The van der Waals surface area contributed by atoms with Crippen LogP contribution in [0.4, 0.5) is 0 Å². The molecular formula is C33H30N2O8. The quantitative estimate of drug-likeness (QED) is 0.307. The second-order valence-electron chi connectivity index (χ2n) is 12.0. The lowest BCUT2D eigenvalue weighted by molar-refractivity contribution is -0.181. The first-order valence-electron chi connectivity index (χ1n) is 14.0. The first-order valence-corrected chi connectivity index (χ1v) is 14.0. The van der Waals surface area contributed by atoms with Gasteiger partial charge in [0.25, 0.3) is 0 Å². The summed E-state index contributed by atoms with van der Waals surface area (Å²) in [5.74, 6) is -11.0. The third kappa shape index (κ3) is 3.86. The van der Waals surface area contributed by atoms with E-state index in [2.05, 4.69) is 0 Å². The summed E-state index contributed by atoms with van der Waals surface area (Å²) in [6.45, 7) is 1.48. The molecule has 0 heterocycles. The van der Waals surface area contributed by atoms with E-state index in [-0.39, 0.29) is 29.9 Å². The monoisotopic (exact) mass is 582 g/mol. The Hall–Kier alpha value is -4.54. The van der Waals surface area contributed by atoms with E-state index in [1.807, 2.05) is 24.3 Å². The number of aromatic hydroxyl groups is 1. The number of phenols is 1. The van der Waals surface area contributed by atoms with Crippen molar-refractivity contribution >= 4 is 45.6 Å². The van der Waals surface area contributed by atoms with Gasteiger partial charge < -0.3 is 15.9 Å². The van der Waals surface area contributed by atoms with Gasteiger partial charge in [0.15, 0.2) is 40.4 Å². The minimum Gasteiger partial charge on any atom is -0.507 e. The van der Waals surface area contributed by atoms with Gasteiger partial charge in [-0.15, -0.1) is 0 Å². The van der Waals surface area contributed by atoms with Gasteiger partial charge in [-0.3, -0.25) is 33.7 Å². The first kappa shape index (κ1) is 28.6. The number of nitrogens with zero attached hydrogens (tertiary/aromatic N) is 1. The molecule has 2 fully saturated rings. The first-order chi connectivity index (χ1) is 20.3. The highest BCUT2D eigenvalue weighted by Crippen LogP contribution is 2.52. The van der Waals surface area contributed by atoms with E-state index in [1.165, 1.54) is 17.9 Å². The molecule has 0 aromatic heterocycles. The third-order valence-corrected chi connectivity index (χ3v) is 9.54. The summed E-state index contributed by atoms with van der Waals surface area (Å²) >= 11 is 0. The summed E-state index contributed by atoms with van der Waals surface area (Å²) in [6.07, 6.45) is 0.0986. The molecule has 0 bridgehead atoms. The number of likely N-dealkylation sites (N-methyl/N-ethyl adjacent to an activating group) is 1. The standard InChI is InChI=1S/C33H30N2O8/c1-14(36)16-8-9-19(18-7-5-4-6-17(16)18)20-10-11-23(37)25-21(20)12-15-13-22-27(35(2)3)29(39)26(32(34)42)31(41)33(22,43)30(40)24(15)28(25)38/h4-11,15,22,24,26-27,37,43H,12-13H2,1-3H3,(H2,34,42)/t15-,22-,24?,26?,27-,33-/m0/s1. The van der Waals surface area contributed by atoms with Crippen molar-refractivity contribution in [3.05, 3.63) is 65.2 Å². The number of hydrogen-bond donors (Lipinski definition) is 3. The van der Waals surface area contributed by atoms with E-state index in [9.17, 15) is 39.0 Å². The molecule has 2 saturated carbocycles. The summed E-state index contributed by atoms with van der Waals surface area (Å²) in [5.41, 5.74) is 4.91. The fraction of sp³-hybridized carbons (Fsp3) is 0.333. The van der Waals surface area contributed by atoms with E-state index < -0.39 is 64.4 Å². The summed E-state index contributed by atoms with van der Waals surface area (Å²) in [6, 6.07) is 12.7. The largest absolute Gasteiger partial charge is 0.507 e. The van der Waals surface area contributed by atoms with Crippen LogP contribution in [0.3, 0.4) is 0 Å². The van der Waals surface area contributed by atoms with E-state index in [0.717, 1.165) is 16.3 Å². The van der Waals surface area contributed by atoms with Crippen LogP contribution < -0.4 is 5.73 Å². The molecule has 3 aromatic carbocycles. The Morgan fingerprint density at radius 3 is 2.21 bits per heavy atom. The van der Waals surface area contributed by atoms with Crippen LogP contribution in [-0.4, -0.2) is 75.7 Å². The van der Waals surface area contributed by atoms with Crippen molar-refractivity contribution in [3.63, 3.8) is 0 Å². The number of primary amides is 1. The summed E-state index contributed by atoms with van der Waals surface area (Å²) < 4.78 is 0. The second-order valence-corrected chi connectivity index (χ2v) is 12.0. The Balaban J connectivity index is 1.53. The molecule has 10 heteroatoms. The van der Waals surface area contributed by atoms with Crippen molar-refractivity contribution in [1.29, 1.82) is 0 Å².